The SMILES string of the molecule is C=C(C)C(=O)OC(OC)C(O)CC(F)(F)C(F)(F)F. The third-order valence-corrected chi connectivity index (χ3v) is 2.00. The fraction of sp³-hybridized carbons (Fsp3) is 0.700. The fourth-order valence-electron chi connectivity index (χ4n) is 0.964. The third kappa shape index (κ3) is 5.11. The second-order valence-electron chi connectivity index (χ2n) is 3.76. The van der Waals surface area contributed by atoms with Crippen LogP contribution in [0.15, 0.2) is 12.2 Å². The molecule has 0 aromatic carbocycles. The molecule has 0 aromatic heterocycles. The van der Waals surface area contributed by atoms with E-state index in [0.717, 1.165) is 7.11 Å². The van der Waals surface area contributed by atoms with Crippen LogP contribution in [0.1, 0.15) is 13.3 Å². The molecule has 0 aliphatic rings. The van der Waals surface area contributed by atoms with Gasteiger partial charge < -0.3 is 14.6 Å². The van der Waals surface area contributed by atoms with Crippen LogP contribution in [0, 0.1) is 0 Å². The number of methoxy groups -OCH3 is 1. The van der Waals surface area contributed by atoms with Gasteiger partial charge in [0.15, 0.2) is 0 Å². The van der Waals surface area contributed by atoms with Crippen molar-refractivity contribution in [2.24, 2.45) is 0 Å². The molecule has 0 bridgehead atoms. The number of rotatable bonds is 6. The van der Waals surface area contributed by atoms with E-state index in [-0.39, 0.29) is 5.57 Å². The Hall–Kier alpha value is -1.22. The van der Waals surface area contributed by atoms with Crippen molar-refractivity contribution in [3.05, 3.63) is 12.2 Å². The van der Waals surface area contributed by atoms with Crippen LogP contribution in [-0.2, 0) is 14.3 Å². The number of hydrogen-bond acceptors (Lipinski definition) is 4. The molecular formula is C10H13F5O4. The first-order valence-electron chi connectivity index (χ1n) is 4.94. The number of esters is 1. The molecule has 2 unspecified atom stereocenters. The summed E-state index contributed by atoms with van der Waals surface area (Å²) in [5, 5.41) is 9.23. The number of aliphatic hydroxyl groups is 1. The first kappa shape index (κ1) is 17.8. The van der Waals surface area contributed by atoms with Crippen LogP contribution >= 0.6 is 0 Å². The lowest BCUT2D eigenvalue weighted by Crippen LogP contribution is -2.44. The standard InChI is InChI=1S/C10H13F5O4/c1-5(2)7(17)19-8(18-3)6(16)4-9(11,12)10(13,14)15/h6,8,16H,1,4H2,2-3H3. The van der Waals surface area contributed by atoms with Crippen LogP contribution < -0.4 is 0 Å². The Morgan fingerprint density at radius 1 is 1.32 bits per heavy atom. The predicted octanol–water partition coefficient (Wildman–Crippen LogP) is 2.03. The van der Waals surface area contributed by atoms with E-state index in [1.807, 2.05) is 0 Å². The van der Waals surface area contributed by atoms with Gasteiger partial charge >= 0.3 is 18.1 Å². The van der Waals surface area contributed by atoms with Crippen molar-refractivity contribution in [2.75, 3.05) is 7.11 Å². The van der Waals surface area contributed by atoms with Crippen LogP contribution in [0.3, 0.4) is 0 Å². The third-order valence-electron chi connectivity index (χ3n) is 2.00. The molecule has 1 N–H and O–H groups in total. The largest absolute Gasteiger partial charge is 0.453 e. The number of hydrogen-bond donors (Lipinski definition) is 1. The molecule has 0 saturated carbocycles. The molecule has 0 spiro atoms. The van der Waals surface area contributed by atoms with E-state index in [1.54, 1.807) is 0 Å². The molecule has 0 saturated heterocycles. The van der Waals surface area contributed by atoms with Gasteiger partial charge in [-0.05, 0) is 6.92 Å². The minimum Gasteiger partial charge on any atom is -0.430 e. The Balaban J connectivity index is 4.74. The molecule has 2 atom stereocenters. The van der Waals surface area contributed by atoms with Crippen molar-refractivity contribution in [2.45, 2.75) is 37.8 Å². The monoisotopic (exact) mass is 292 g/mol. The topological polar surface area (TPSA) is 55.8 Å². The minimum atomic E-state index is -5.81. The average Bonchev–Trinajstić information content (AvgIpc) is 2.22. The summed E-state index contributed by atoms with van der Waals surface area (Å²) in [6.45, 7) is 4.40. The van der Waals surface area contributed by atoms with Crippen molar-refractivity contribution < 1.29 is 41.3 Å². The Morgan fingerprint density at radius 3 is 2.11 bits per heavy atom. The van der Waals surface area contributed by atoms with E-state index in [1.165, 1.54) is 6.92 Å². The summed E-state index contributed by atoms with van der Waals surface area (Å²) in [6, 6.07) is 0. The highest BCUT2D eigenvalue weighted by molar-refractivity contribution is 5.87. The number of aliphatic hydroxyl groups excluding tert-OH is 1. The van der Waals surface area contributed by atoms with E-state index < -0.39 is 36.9 Å². The highest BCUT2D eigenvalue weighted by atomic mass is 19.4. The summed E-state index contributed by atoms with van der Waals surface area (Å²) >= 11 is 0. The van der Waals surface area contributed by atoms with Crippen LogP contribution in [0.25, 0.3) is 0 Å². The van der Waals surface area contributed by atoms with Gasteiger partial charge in [0, 0.05) is 12.7 Å². The first-order valence-corrected chi connectivity index (χ1v) is 4.94. The molecule has 112 valence electrons. The molecule has 19 heavy (non-hydrogen) atoms. The summed E-state index contributed by atoms with van der Waals surface area (Å²) in [5.41, 5.74) is -0.128. The average molecular weight is 292 g/mol. The Labute approximate surface area is 105 Å². The van der Waals surface area contributed by atoms with Gasteiger partial charge in [0.05, 0.1) is 6.42 Å². The van der Waals surface area contributed by atoms with E-state index in [0.29, 0.717) is 0 Å². The molecule has 0 aromatic rings. The second kappa shape index (κ2) is 6.29. The molecule has 0 amide bonds. The fourth-order valence-corrected chi connectivity index (χ4v) is 0.964. The number of halogens is 5. The maximum atomic E-state index is 12.7. The molecule has 0 aliphatic carbocycles. The smallest absolute Gasteiger partial charge is 0.430 e. The molecule has 0 rings (SSSR count). The lowest BCUT2D eigenvalue weighted by Gasteiger charge is -2.26. The molecule has 0 radical (unpaired) electrons. The van der Waals surface area contributed by atoms with Gasteiger partial charge in [-0.2, -0.15) is 22.0 Å². The summed E-state index contributed by atoms with van der Waals surface area (Å²) < 4.78 is 69.9. The van der Waals surface area contributed by atoms with E-state index >= 15 is 0 Å². The zero-order valence-electron chi connectivity index (χ0n) is 10.1. The Bertz CT molecular complexity index is 339. The van der Waals surface area contributed by atoms with Crippen molar-refractivity contribution >= 4 is 5.97 Å². The van der Waals surface area contributed by atoms with Crippen molar-refractivity contribution in [1.82, 2.24) is 0 Å². The summed E-state index contributed by atoms with van der Waals surface area (Å²) in [4.78, 5) is 11.1. The van der Waals surface area contributed by atoms with Gasteiger partial charge in [-0.1, -0.05) is 6.58 Å². The van der Waals surface area contributed by atoms with Crippen LogP contribution in [0.5, 0.6) is 0 Å². The first-order chi connectivity index (χ1) is 8.42. The van der Waals surface area contributed by atoms with E-state index in [9.17, 15) is 31.9 Å². The van der Waals surface area contributed by atoms with Crippen molar-refractivity contribution in [3.63, 3.8) is 0 Å². The maximum absolute atomic E-state index is 12.7. The number of ether oxygens (including phenoxy) is 2. The lowest BCUT2D eigenvalue weighted by molar-refractivity contribution is -0.298. The number of carbonyl (C=O) groups excluding carboxylic acids is 1. The molecule has 0 aliphatic heterocycles. The van der Waals surface area contributed by atoms with Gasteiger partial charge in [-0.25, -0.2) is 4.79 Å². The van der Waals surface area contributed by atoms with Gasteiger partial charge in [-0.3, -0.25) is 0 Å². The van der Waals surface area contributed by atoms with Crippen LogP contribution in [0.4, 0.5) is 22.0 Å². The molecule has 4 nitrogen and oxygen atoms in total. The highest BCUT2D eigenvalue weighted by Crippen LogP contribution is 2.39. The molecule has 9 heteroatoms. The second-order valence-corrected chi connectivity index (χ2v) is 3.76. The summed E-state index contributed by atoms with van der Waals surface area (Å²) in [7, 11) is 0.880. The molecule has 0 fully saturated rings. The normalized spacial score (nSPS) is 15.8. The molecule has 0 heterocycles. The molecular weight excluding hydrogens is 279 g/mol. The maximum Gasteiger partial charge on any atom is 0.453 e. The van der Waals surface area contributed by atoms with E-state index in [4.69, 9.17) is 0 Å². The van der Waals surface area contributed by atoms with Crippen LogP contribution in [-0.4, -0.2) is 42.7 Å². The van der Waals surface area contributed by atoms with Gasteiger partial charge in [-0.15, -0.1) is 0 Å². The van der Waals surface area contributed by atoms with Crippen molar-refractivity contribution in [1.29, 1.82) is 0 Å². The van der Waals surface area contributed by atoms with Gasteiger partial charge in [0.1, 0.15) is 6.10 Å². The summed E-state index contributed by atoms with van der Waals surface area (Å²) in [6.07, 6.45) is -12.1. The van der Waals surface area contributed by atoms with Crippen molar-refractivity contribution in [3.8, 4) is 0 Å². The minimum absolute atomic E-state index is 0.128. The van der Waals surface area contributed by atoms with Gasteiger partial charge in [0.25, 0.3) is 0 Å². The number of alkyl halides is 5. The zero-order chi connectivity index (χ0) is 15.4. The highest BCUT2D eigenvalue weighted by Gasteiger charge is 2.58. The van der Waals surface area contributed by atoms with Crippen LogP contribution in [0.2, 0.25) is 0 Å². The quantitative estimate of drug-likeness (QED) is 0.352. The Morgan fingerprint density at radius 2 is 1.79 bits per heavy atom. The lowest BCUT2D eigenvalue weighted by atomic mass is 10.1. The van der Waals surface area contributed by atoms with Gasteiger partial charge in [0.2, 0.25) is 6.29 Å². The van der Waals surface area contributed by atoms with E-state index in [2.05, 4.69) is 16.1 Å². The zero-order valence-corrected chi connectivity index (χ0v) is 10.1. The number of carbonyl (C=O) groups is 1. The Kier molecular flexibility index (Phi) is 5.88. The predicted molar refractivity (Wildman–Crippen MR) is 53.3 cm³/mol. The summed E-state index contributed by atoms with van der Waals surface area (Å²) in [5.74, 6) is -6.21.